The molecule has 7 heteroatoms. The minimum atomic E-state index is 0.244. The van der Waals surface area contributed by atoms with Gasteiger partial charge in [-0.15, -0.1) is 0 Å². The van der Waals surface area contributed by atoms with E-state index in [2.05, 4.69) is 24.8 Å². The summed E-state index contributed by atoms with van der Waals surface area (Å²) in [6, 6.07) is 2.02. The number of aliphatic hydroxyl groups excluding tert-OH is 1. The Morgan fingerprint density at radius 3 is 2.96 bits per heavy atom. The second kappa shape index (κ2) is 6.95. The van der Waals surface area contributed by atoms with Crippen molar-refractivity contribution in [1.82, 2.24) is 19.5 Å². The second-order valence-corrected chi connectivity index (χ2v) is 6.18. The zero-order valence-corrected chi connectivity index (χ0v) is 13.8. The molecule has 1 fully saturated rings. The van der Waals surface area contributed by atoms with E-state index in [1.807, 2.05) is 30.9 Å². The molecule has 0 spiro atoms. The minimum absolute atomic E-state index is 0.244. The standard InChI is InChI=1S/C16H24N6O/c1-20-7-5-17-16(20)10-21(2)14-8-15(19-12-18-14)22-6-3-4-13(9-22)11-23/h5,7-8,12-13,23H,3-4,6,9-11H2,1-2H3. The third-order valence-electron chi connectivity index (χ3n) is 4.43. The fraction of sp³-hybridized carbons (Fsp3) is 0.562. The number of aliphatic hydroxyl groups is 1. The van der Waals surface area contributed by atoms with Crippen LogP contribution in [-0.2, 0) is 13.6 Å². The van der Waals surface area contributed by atoms with Crippen LogP contribution in [-0.4, -0.2) is 51.4 Å². The lowest BCUT2D eigenvalue weighted by Crippen LogP contribution is -2.37. The zero-order chi connectivity index (χ0) is 16.2. The molecule has 0 amide bonds. The summed E-state index contributed by atoms with van der Waals surface area (Å²) in [5.74, 6) is 3.14. The summed E-state index contributed by atoms with van der Waals surface area (Å²) in [6.07, 6.45) is 7.54. The second-order valence-electron chi connectivity index (χ2n) is 6.18. The van der Waals surface area contributed by atoms with Crippen LogP contribution < -0.4 is 9.80 Å². The van der Waals surface area contributed by atoms with Crippen LogP contribution in [0.1, 0.15) is 18.7 Å². The van der Waals surface area contributed by atoms with Crippen molar-refractivity contribution in [1.29, 1.82) is 0 Å². The molecule has 1 aliphatic heterocycles. The minimum Gasteiger partial charge on any atom is -0.396 e. The number of aryl methyl sites for hydroxylation is 1. The average Bonchev–Trinajstić information content (AvgIpc) is 3.00. The van der Waals surface area contributed by atoms with E-state index < -0.39 is 0 Å². The van der Waals surface area contributed by atoms with Gasteiger partial charge in [0.1, 0.15) is 23.8 Å². The highest BCUT2D eigenvalue weighted by atomic mass is 16.3. The molecule has 0 radical (unpaired) electrons. The molecular formula is C16H24N6O. The summed E-state index contributed by atoms with van der Waals surface area (Å²) < 4.78 is 2.01. The number of anilines is 2. The van der Waals surface area contributed by atoms with Gasteiger partial charge in [-0.2, -0.15) is 0 Å². The Morgan fingerprint density at radius 1 is 1.35 bits per heavy atom. The largest absolute Gasteiger partial charge is 0.396 e. The van der Waals surface area contributed by atoms with E-state index in [0.717, 1.165) is 43.4 Å². The summed E-state index contributed by atoms with van der Waals surface area (Å²) in [5, 5.41) is 9.39. The van der Waals surface area contributed by atoms with Gasteiger partial charge >= 0.3 is 0 Å². The van der Waals surface area contributed by atoms with Crippen molar-refractivity contribution in [3.63, 3.8) is 0 Å². The first-order chi connectivity index (χ1) is 11.2. The van der Waals surface area contributed by atoms with Gasteiger partial charge in [0.05, 0.1) is 6.54 Å². The summed E-state index contributed by atoms with van der Waals surface area (Å²) in [6.45, 7) is 2.78. The highest BCUT2D eigenvalue weighted by Gasteiger charge is 2.21. The normalized spacial score (nSPS) is 18.2. The molecule has 1 aliphatic rings. The van der Waals surface area contributed by atoms with Crippen molar-refractivity contribution >= 4 is 11.6 Å². The summed E-state index contributed by atoms with van der Waals surface area (Å²) >= 11 is 0. The lowest BCUT2D eigenvalue weighted by atomic mass is 9.99. The van der Waals surface area contributed by atoms with Crippen LogP contribution in [0.3, 0.4) is 0 Å². The van der Waals surface area contributed by atoms with Crippen LogP contribution in [0.2, 0.25) is 0 Å². The molecule has 1 atom stereocenters. The molecular weight excluding hydrogens is 292 g/mol. The van der Waals surface area contributed by atoms with Crippen molar-refractivity contribution in [2.45, 2.75) is 19.4 Å². The van der Waals surface area contributed by atoms with Gasteiger partial charge in [-0.1, -0.05) is 0 Å². The highest BCUT2D eigenvalue weighted by Crippen LogP contribution is 2.23. The summed E-state index contributed by atoms with van der Waals surface area (Å²) in [4.78, 5) is 17.5. The maximum Gasteiger partial charge on any atom is 0.134 e. The van der Waals surface area contributed by atoms with Crippen LogP contribution in [0, 0.1) is 5.92 Å². The molecule has 3 rings (SSSR count). The van der Waals surface area contributed by atoms with Crippen LogP contribution in [0.4, 0.5) is 11.6 Å². The Balaban J connectivity index is 1.73. The molecule has 3 heterocycles. The van der Waals surface area contributed by atoms with Gasteiger partial charge in [-0.25, -0.2) is 15.0 Å². The number of hydrogen-bond donors (Lipinski definition) is 1. The molecule has 23 heavy (non-hydrogen) atoms. The molecule has 124 valence electrons. The van der Waals surface area contributed by atoms with Crippen LogP contribution in [0.25, 0.3) is 0 Å². The number of piperidine rings is 1. The Morgan fingerprint density at radius 2 is 2.22 bits per heavy atom. The van der Waals surface area contributed by atoms with Gasteiger partial charge in [-0.3, -0.25) is 0 Å². The Labute approximate surface area is 136 Å². The van der Waals surface area contributed by atoms with Gasteiger partial charge < -0.3 is 19.5 Å². The molecule has 0 aromatic carbocycles. The van der Waals surface area contributed by atoms with Crippen molar-refractivity contribution in [3.8, 4) is 0 Å². The smallest absolute Gasteiger partial charge is 0.134 e. The van der Waals surface area contributed by atoms with E-state index in [1.165, 1.54) is 0 Å². The molecule has 0 bridgehead atoms. The molecule has 0 aliphatic carbocycles. The van der Waals surface area contributed by atoms with Gasteiger partial charge in [0.2, 0.25) is 0 Å². The van der Waals surface area contributed by atoms with E-state index in [0.29, 0.717) is 12.5 Å². The number of nitrogens with zero attached hydrogens (tertiary/aromatic N) is 6. The maximum atomic E-state index is 9.39. The van der Waals surface area contributed by atoms with Crippen molar-refractivity contribution in [3.05, 3.63) is 30.6 Å². The third kappa shape index (κ3) is 3.61. The topological polar surface area (TPSA) is 70.3 Å². The van der Waals surface area contributed by atoms with E-state index in [9.17, 15) is 5.11 Å². The Kier molecular flexibility index (Phi) is 4.76. The molecule has 1 N–H and O–H groups in total. The van der Waals surface area contributed by atoms with Gasteiger partial charge in [0.15, 0.2) is 0 Å². The van der Waals surface area contributed by atoms with Crippen molar-refractivity contribution in [2.24, 2.45) is 13.0 Å². The number of imidazole rings is 1. The number of hydrogen-bond acceptors (Lipinski definition) is 6. The van der Waals surface area contributed by atoms with E-state index >= 15 is 0 Å². The molecule has 2 aromatic rings. The predicted molar refractivity (Wildman–Crippen MR) is 89.4 cm³/mol. The monoisotopic (exact) mass is 316 g/mol. The van der Waals surface area contributed by atoms with E-state index in [-0.39, 0.29) is 6.61 Å². The van der Waals surface area contributed by atoms with Gasteiger partial charge in [-0.05, 0) is 18.8 Å². The number of aromatic nitrogens is 4. The summed E-state index contributed by atoms with van der Waals surface area (Å²) in [5.41, 5.74) is 0. The first-order valence-corrected chi connectivity index (χ1v) is 8.02. The van der Waals surface area contributed by atoms with Crippen LogP contribution >= 0.6 is 0 Å². The van der Waals surface area contributed by atoms with E-state index in [4.69, 9.17) is 0 Å². The van der Waals surface area contributed by atoms with Crippen LogP contribution in [0.5, 0.6) is 0 Å². The SMILES string of the molecule is CN(Cc1nccn1C)c1cc(N2CCCC(CO)C2)ncn1. The lowest BCUT2D eigenvalue weighted by molar-refractivity contribution is 0.208. The van der Waals surface area contributed by atoms with Crippen LogP contribution in [0.15, 0.2) is 24.8 Å². The molecule has 0 saturated carbocycles. The highest BCUT2D eigenvalue weighted by molar-refractivity contribution is 5.50. The maximum absolute atomic E-state index is 9.39. The average molecular weight is 316 g/mol. The molecule has 7 nitrogen and oxygen atoms in total. The van der Waals surface area contributed by atoms with Crippen molar-refractivity contribution in [2.75, 3.05) is 36.5 Å². The van der Waals surface area contributed by atoms with Crippen molar-refractivity contribution < 1.29 is 5.11 Å². The fourth-order valence-corrected chi connectivity index (χ4v) is 2.98. The molecule has 2 aromatic heterocycles. The quantitative estimate of drug-likeness (QED) is 0.889. The Bertz CT molecular complexity index is 643. The molecule has 1 saturated heterocycles. The van der Waals surface area contributed by atoms with Gasteiger partial charge in [0, 0.05) is 52.3 Å². The number of rotatable bonds is 5. The lowest BCUT2D eigenvalue weighted by Gasteiger charge is -2.33. The predicted octanol–water partition coefficient (Wildman–Crippen LogP) is 1.06. The summed E-state index contributed by atoms with van der Waals surface area (Å²) in [7, 11) is 4.00. The molecule has 1 unspecified atom stereocenters. The van der Waals surface area contributed by atoms with Gasteiger partial charge in [0.25, 0.3) is 0 Å². The Hall–Kier alpha value is -2.15. The van der Waals surface area contributed by atoms with E-state index in [1.54, 1.807) is 12.5 Å². The first kappa shape index (κ1) is 15.7. The fourth-order valence-electron chi connectivity index (χ4n) is 2.98. The third-order valence-corrected chi connectivity index (χ3v) is 4.43. The zero-order valence-electron chi connectivity index (χ0n) is 13.8. The first-order valence-electron chi connectivity index (χ1n) is 8.02.